The van der Waals surface area contributed by atoms with Gasteiger partial charge in [-0.25, -0.2) is 4.79 Å². The molecule has 0 saturated carbocycles. The van der Waals surface area contributed by atoms with Gasteiger partial charge < -0.3 is 25.6 Å². The number of ether oxygens (including phenoxy) is 1. The molecule has 0 bridgehead atoms. The number of aliphatic imine (C=N–C) groups is 1. The Morgan fingerprint density at radius 2 is 2.04 bits per heavy atom. The number of hydrogen-bond acceptors (Lipinski definition) is 3. The predicted octanol–water partition coefficient (Wildman–Crippen LogP) is 3.04. The van der Waals surface area contributed by atoms with Crippen LogP contribution in [0.5, 0.6) is 0 Å². The number of nitrogens with one attached hydrogen (secondary N) is 3. The second-order valence-corrected chi connectivity index (χ2v) is 7.50. The zero-order chi connectivity index (χ0) is 20.2. The van der Waals surface area contributed by atoms with Crippen LogP contribution in [0.25, 0.3) is 0 Å². The van der Waals surface area contributed by atoms with Crippen LogP contribution in [0.4, 0.5) is 10.5 Å². The smallest absolute Gasteiger partial charge is 0.321 e. The van der Waals surface area contributed by atoms with Gasteiger partial charge in [0.2, 0.25) is 0 Å². The SMILES string of the molecule is CN=C(NCCCOCC(C)C)NCc1cccc(NC(=O)N2CCCC2)c1. The number of guanidine groups is 1. The number of urea groups is 1. The molecule has 0 aromatic heterocycles. The largest absolute Gasteiger partial charge is 0.381 e. The molecule has 7 heteroatoms. The van der Waals surface area contributed by atoms with Gasteiger partial charge in [-0.2, -0.15) is 0 Å². The number of rotatable bonds is 9. The molecule has 1 aliphatic heterocycles. The van der Waals surface area contributed by atoms with Gasteiger partial charge in [-0.3, -0.25) is 4.99 Å². The molecule has 2 rings (SSSR count). The van der Waals surface area contributed by atoms with Crippen LogP contribution in [0.15, 0.2) is 29.3 Å². The maximum atomic E-state index is 12.2. The van der Waals surface area contributed by atoms with Crippen molar-refractivity contribution in [2.75, 3.05) is 45.2 Å². The average molecular weight is 390 g/mol. The highest BCUT2D eigenvalue weighted by molar-refractivity contribution is 5.89. The summed E-state index contributed by atoms with van der Waals surface area (Å²) in [6.07, 6.45) is 3.12. The number of benzene rings is 1. The van der Waals surface area contributed by atoms with Gasteiger partial charge >= 0.3 is 6.03 Å². The van der Waals surface area contributed by atoms with Crippen molar-refractivity contribution in [3.05, 3.63) is 29.8 Å². The van der Waals surface area contributed by atoms with Gasteiger partial charge in [-0.1, -0.05) is 26.0 Å². The third kappa shape index (κ3) is 8.17. The molecule has 0 radical (unpaired) electrons. The Morgan fingerprint density at radius 1 is 1.25 bits per heavy atom. The molecule has 7 nitrogen and oxygen atoms in total. The van der Waals surface area contributed by atoms with Crippen LogP contribution < -0.4 is 16.0 Å². The molecule has 1 saturated heterocycles. The Balaban J connectivity index is 1.71. The van der Waals surface area contributed by atoms with E-state index < -0.39 is 0 Å². The quantitative estimate of drug-likeness (QED) is 0.345. The van der Waals surface area contributed by atoms with Crippen LogP contribution in [0.3, 0.4) is 0 Å². The first kappa shape index (κ1) is 22.0. The summed E-state index contributed by atoms with van der Waals surface area (Å²) in [5.74, 6) is 1.33. The highest BCUT2D eigenvalue weighted by Gasteiger charge is 2.17. The molecular formula is C21H35N5O2. The molecule has 156 valence electrons. The third-order valence-corrected chi connectivity index (χ3v) is 4.46. The Bertz CT molecular complexity index is 627. The number of anilines is 1. The first-order valence-corrected chi connectivity index (χ1v) is 10.3. The van der Waals surface area contributed by atoms with Gasteiger partial charge in [0.05, 0.1) is 0 Å². The van der Waals surface area contributed by atoms with Gasteiger partial charge in [0, 0.05) is 52.1 Å². The van der Waals surface area contributed by atoms with E-state index in [1.165, 1.54) is 0 Å². The fourth-order valence-corrected chi connectivity index (χ4v) is 2.99. The van der Waals surface area contributed by atoms with E-state index in [9.17, 15) is 4.79 Å². The highest BCUT2D eigenvalue weighted by Crippen LogP contribution is 2.14. The first-order chi connectivity index (χ1) is 13.6. The Hall–Kier alpha value is -2.28. The van der Waals surface area contributed by atoms with E-state index in [1.54, 1.807) is 7.05 Å². The van der Waals surface area contributed by atoms with Crippen molar-refractivity contribution in [3.8, 4) is 0 Å². The number of carbonyl (C=O) groups excluding carboxylic acids is 1. The minimum atomic E-state index is -0.0141. The van der Waals surface area contributed by atoms with E-state index in [-0.39, 0.29) is 6.03 Å². The number of likely N-dealkylation sites (tertiary alicyclic amines) is 1. The number of carbonyl (C=O) groups is 1. The van der Waals surface area contributed by atoms with Crippen molar-refractivity contribution in [2.45, 2.75) is 39.7 Å². The molecule has 1 aliphatic rings. The molecule has 28 heavy (non-hydrogen) atoms. The summed E-state index contributed by atoms with van der Waals surface area (Å²) in [5.41, 5.74) is 1.91. The average Bonchev–Trinajstić information content (AvgIpc) is 3.22. The second-order valence-electron chi connectivity index (χ2n) is 7.50. The molecule has 3 N–H and O–H groups in total. The molecule has 0 spiro atoms. The summed E-state index contributed by atoms with van der Waals surface area (Å²) in [5, 5.41) is 9.59. The fourth-order valence-electron chi connectivity index (χ4n) is 2.99. The predicted molar refractivity (Wildman–Crippen MR) is 115 cm³/mol. The van der Waals surface area contributed by atoms with Gasteiger partial charge in [0.1, 0.15) is 0 Å². The van der Waals surface area contributed by atoms with Gasteiger partial charge in [0.15, 0.2) is 5.96 Å². The highest BCUT2D eigenvalue weighted by atomic mass is 16.5. The molecule has 2 amide bonds. The van der Waals surface area contributed by atoms with Crippen LogP contribution in [-0.2, 0) is 11.3 Å². The second kappa shape index (κ2) is 12.2. The van der Waals surface area contributed by atoms with Crippen LogP contribution >= 0.6 is 0 Å². The molecule has 0 atom stereocenters. The third-order valence-electron chi connectivity index (χ3n) is 4.46. The minimum absolute atomic E-state index is 0.0141. The van der Waals surface area contributed by atoms with E-state index in [0.717, 1.165) is 69.3 Å². The summed E-state index contributed by atoms with van der Waals surface area (Å²) in [6.45, 7) is 8.99. The van der Waals surface area contributed by atoms with Crippen LogP contribution in [0.2, 0.25) is 0 Å². The standard InChI is InChI=1S/C21H35N5O2/c1-17(2)16-28-13-7-10-23-20(22-3)24-15-18-8-6-9-19(14-18)25-21(27)26-11-4-5-12-26/h6,8-9,14,17H,4-5,7,10-13,15-16H2,1-3H3,(H,25,27)(H2,22,23,24). The van der Waals surface area contributed by atoms with Crippen molar-refractivity contribution in [1.29, 1.82) is 0 Å². The lowest BCUT2D eigenvalue weighted by Crippen LogP contribution is -2.37. The lowest BCUT2D eigenvalue weighted by atomic mass is 10.2. The van der Waals surface area contributed by atoms with Crippen LogP contribution in [-0.4, -0.2) is 56.8 Å². The lowest BCUT2D eigenvalue weighted by Gasteiger charge is -2.17. The van der Waals surface area contributed by atoms with Crippen molar-refractivity contribution < 1.29 is 9.53 Å². The maximum Gasteiger partial charge on any atom is 0.321 e. The van der Waals surface area contributed by atoms with Crippen LogP contribution in [0.1, 0.15) is 38.7 Å². The summed E-state index contributed by atoms with van der Waals surface area (Å²) in [4.78, 5) is 18.3. The number of hydrogen-bond donors (Lipinski definition) is 3. The number of amides is 2. The Kier molecular flexibility index (Phi) is 9.62. The summed E-state index contributed by atoms with van der Waals surface area (Å²) in [6, 6.07) is 7.89. The van der Waals surface area contributed by atoms with Crippen molar-refractivity contribution in [3.63, 3.8) is 0 Å². The molecule has 0 aliphatic carbocycles. The molecule has 1 aromatic carbocycles. The van der Waals surface area contributed by atoms with E-state index in [1.807, 2.05) is 29.2 Å². The fraction of sp³-hybridized carbons (Fsp3) is 0.619. The van der Waals surface area contributed by atoms with E-state index in [2.05, 4.69) is 34.8 Å². The lowest BCUT2D eigenvalue weighted by molar-refractivity contribution is 0.108. The molecule has 1 aromatic rings. The van der Waals surface area contributed by atoms with E-state index in [4.69, 9.17) is 4.74 Å². The Labute approximate surface area is 168 Å². The van der Waals surface area contributed by atoms with Crippen molar-refractivity contribution in [2.24, 2.45) is 10.9 Å². The summed E-state index contributed by atoms with van der Waals surface area (Å²) < 4.78 is 5.58. The molecule has 0 unspecified atom stereocenters. The maximum absolute atomic E-state index is 12.2. The van der Waals surface area contributed by atoms with Gasteiger partial charge in [0.25, 0.3) is 0 Å². The zero-order valence-electron chi connectivity index (χ0n) is 17.5. The zero-order valence-corrected chi connectivity index (χ0v) is 17.5. The van der Waals surface area contributed by atoms with Crippen LogP contribution in [0, 0.1) is 5.92 Å². The summed E-state index contributed by atoms with van der Waals surface area (Å²) in [7, 11) is 1.76. The van der Waals surface area contributed by atoms with Crippen molar-refractivity contribution >= 4 is 17.7 Å². The van der Waals surface area contributed by atoms with Crippen molar-refractivity contribution in [1.82, 2.24) is 15.5 Å². The van der Waals surface area contributed by atoms with Gasteiger partial charge in [-0.05, 0) is 42.9 Å². The molecular weight excluding hydrogens is 354 g/mol. The monoisotopic (exact) mass is 389 g/mol. The van der Waals surface area contributed by atoms with Gasteiger partial charge in [-0.15, -0.1) is 0 Å². The normalized spacial score (nSPS) is 14.4. The summed E-state index contributed by atoms with van der Waals surface area (Å²) >= 11 is 0. The topological polar surface area (TPSA) is 78.0 Å². The number of nitrogens with zero attached hydrogens (tertiary/aromatic N) is 2. The minimum Gasteiger partial charge on any atom is -0.381 e. The molecule has 1 fully saturated rings. The van der Waals surface area contributed by atoms with E-state index >= 15 is 0 Å². The van der Waals surface area contributed by atoms with E-state index in [0.29, 0.717) is 12.5 Å². The molecule has 1 heterocycles. The Morgan fingerprint density at radius 3 is 2.75 bits per heavy atom. The first-order valence-electron chi connectivity index (χ1n) is 10.3.